The van der Waals surface area contributed by atoms with Gasteiger partial charge < -0.3 is 32.2 Å². The molecule has 1 fully saturated rings. The summed E-state index contributed by atoms with van der Waals surface area (Å²) >= 11 is 0. The molecule has 1 spiro atoms. The molecule has 3 amide bonds. The van der Waals surface area contributed by atoms with E-state index >= 15 is 0 Å². The van der Waals surface area contributed by atoms with Crippen molar-refractivity contribution in [2.24, 2.45) is 20.6 Å². The van der Waals surface area contributed by atoms with Crippen LogP contribution in [-0.2, 0) is 31.2 Å². The molecule has 2 atom stereocenters. The summed E-state index contributed by atoms with van der Waals surface area (Å²) in [5.41, 5.74) is 0.320. The van der Waals surface area contributed by atoms with Gasteiger partial charge in [0.1, 0.15) is 34.4 Å². The summed E-state index contributed by atoms with van der Waals surface area (Å²) in [6.07, 6.45) is 9.81. The van der Waals surface area contributed by atoms with E-state index in [-0.39, 0.29) is 34.5 Å². The number of allylic oxidation sites excluding steroid dienone is 1. The fourth-order valence-corrected chi connectivity index (χ4v) is 2.98. The van der Waals surface area contributed by atoms with Crippen LogP contribution in [0.25, 0.3) is 0 Å². The summed E-state index contributed by atoms with van der Waals surface area (Å²) in [4.78, 5) is 40.5. The van der Waals surface area contributed by atoms with E-state index in [0.29, 0.717) is 42.1 Å². The Hall–Kier alpha value is -4.11. The van der Waals surface area contributed by atoms with Crippen LogP contribution < -0.4 is 5.32 Å². The number of pyridine rings is 1. The van der Waals surface area contributed by atoms with Gasteiger partial charge in [0, 0.05) is 36.1 Å². The van der Waals surface area contributed by atoms with Crippen LogP contribution in [0.2, 0.25) is 0 Å². The number of hydrogen-bond donors (Lipinski definition) is 5. The fraction of sp³-hybridized carbons (Fsp3) is 0.440. The van der Waals surface area contributed by atoms with Crippen molar-refractivity contribution in [2.45, 2.75) is 72.4 Å². The number of nitrogens with zero attached hydrogens (tertiary/aromatic N) is 6. The Morgan fingerprint density at radius 3 is 1.65 bits per heavy atom. The van der Waals surface area contributed by atoms with Gasteiger partial charge in [-0.25, -0.2) is 0 Å². The van der Waals surface area contributed by atoms with E-state index in [2.05, 4.69) is 37.0 Å². The third-order valence-electron chi connectivity index (χ3n) is 5.60. The van der Waals surface area contributed by atoms with Crippen LogP contribution >= 0.6 is 0 Å². The van der Waals surface area contributed by atoms with Crippen molar-refractivity contribution >= 4 is 40.6 Å². The van der Waals surface area contributed by atoms with E-state index in [9.17, 15) is 14.4 Å². The number of oxime groups is 4. The van der Waals surface area contributed by atoms with Crippen molar-refractivity contribution in [3.8, 4) is 0 Å². The number of nitrogens with one attached hydrogen (secondary N) is 1. The first kappa shape index (κ1) is 38.0. The zero-order chi connectivity index (χ0) is 30.0. The largest absolute Gasteiger partial charge is 0.500 e. The Bertz CT molecular complexity index is 1020. The molecule has 14 nitrogen and oxygen atoms in total. The van der Waals surface area contributed by atoms with Crippen LogP contribution in [0, 0.1) is 6.08 Å². The Morgan fingerprint density at radius 1 is 0.925 bits per heavy atom. The standard InChI is InChI=1S/C12H15N2O3.C5H5N.2C4H8N2O2.Co/c1-8-10(16)13-12(6-4-3-5-7-12)11(17)14(8)9(2)15;1-2-4-6-5-3-1;2*1-3(5-7)4(2)6-8;/h4,8H,5-7H2,1-2H3,(H,13,16);1-5H;2*7-8H,1-2H3;/q-1;;;;/b;;5-3+,6-4+;5-3-,6-4+;/t8-,12-;;;;/m0..../s1. The number of amides is 3. The maximum atomic E-state index is 12.3. The van der Waals surface area contributed by atoms with Gasteiger partial charge in [-0.15, -0.1) is 0 Å². The topological polar surface area (TPSA) is 210 Å². The quantitative estimate of drug-likeness (QED) is 0.146. The molecule has 40 heavy (non-hydrogen) atoms. The van der Waals surface area contributed by atoms with Crippen LogP contribution in [-0.4, -0.2) is 82.9 Å². The molecule has 1 aliphatic heterocycles. The number of aromatic nitrogens is 1. The normalized spacial score (nSPS) is 20.9. The van der Waals surface area contributed by atoms with Crippen molar-refractivity contribution < 1.29 is 52.0 Å². The van der Waals surface area contributed by atoms with E-state index < -0.39 is 11.6 Å². The fourth-order valence-electron chi connectivity index (χ4n) is 2.98. The SMILES string of the molecule is CC(=N/O)/C(C)=N/O.CC(=N\O)/C(C)=N/O.CC(=O)N1C(=O)[C@@]2(CC=[C-]CC2)NC(=O)[C@@H]1C.[Co].c1ccncc1. The summed E-state index contributed by atoms with van der Waals surface area (Å²) in [5, 5.41) is 46.0. The summed E-state index contributed by atoms with van der Waals surface area (Å²) in [6, 6.07) is 4.99. The predicted molar refractivity (Wildman–Crippen MR) is 143 cm³/mol. The second kappa shape index (κ2) is 19.9. The average Bonchev–Trinajstić information content (AvgIpc) is 2.96. The van der Waals surface area contributed by atoms with Crippen molar-refractivity contribution in [1.29, 1.82) is 0 Å². The van der Waals surface area contributed by atoms with Gasteiger partial charge in [0.2, 0.25) is 11.8 Å². The monoisotopic (exact) mass is 605 g/mol. The Morgan fingerprint density at radius 2 is 1.38 bits per heavy atom. The van der Waals surface area contributed by atoms with Gasteiger partial charge in [-0.3, -0.25) is 30.3 Å². The van der Waals surface area contributed by atoms with Crippen LogP contribution in [0.15, 0.2) is 57.3 Å². The summed E-state index contributed by atoms with van der Waals surface area (Å²) in [5.74, 6) is -0.944. The third kappa shape index (κ3) is 12.2. The molecule has 0 unspecified atom stereocenters. The van der Waals surface area contributed by atoms with E-state index in [1.54, 1.807) is 25.4 Å². The minimum Gasteiger partial charge on any atom is -0.500 e. The smallest absolute Gasteiger partial charge is 0.255 e. The van der Waals surface area contributed by atoms with E-state index in [1.165, 1.54) is 34.6 Å². The molecule has 1 radical (unpaired) electrons. The molecule has 223 valence electrons. The molecule has 1 aromatic rings. The van der Waals surface area contributed by atoms with Crippen LogP contribution in [0.1, 0.15) is 60.8 Å². The zero-order valence-electron chi connectivity index (χ0n) is 23.2. The summed E-state index contributed by atoms with van der Waals surface area (Å²) in [7, 11) is 0. The van der Waals surface area contributed by atoms with Crippen molar-refractivity contribution in [3.63, 3.8) is 0 Å². The number of carbonyl (C=O) groups is 3. The Kier molecular flexibility index (Phi) is 18.9. The molecule has 2 heterocycles. The Labute approximate surface area is 243 Å². The third-order valence-corrected chi connectivity index (χ3v) is 5.60. The molecule has 3 rings (SSSR count). The van der Waals surface area contributed by atoms with Crippen molar-refractivity contribution in [3.05, 3.63) is 42.7 Å². The Balaban J connectivity index is 0. The van der Waals surface area contributed by atoms with Gasteiger partial charge in [0.05, 0.1) is 0 Å². The van der Waals surface area contributed by atoms with Crippen molar-refractivity contribution in [2.75, 3.05) is 0 Å². The van der Waals surface area contributed by atoms with E-state index in [1.807, 2.05) is 18.2 Å². The predicted octanol–water partition coefficient (Wildman–Crippen LogP) is 2.61. The maximum absolute atomic E-state index is 12.3. The van der Waals surface area contributed by atoms with E-state index in [0.717, 1.165) is 4.90 Å². The van der Waals surface area contributed by atoms with Gasteiger partial charge in [0.15, 0.2) is 0 Å². The van der Waals surface area contributed by atoms with Gasteiger partial charge in [0.25, 0.3) is 5.91 Å². The van der Waals surface area contributed by atoms with Crippen LogP contribution in [0.3, 0.4) is 0 Å². The van der Waals surface area contributed by atoms with Gasteiger partial charge in [-0.2, -0.15) is 6.42 Å². The average molecular weight is 606 g/mol. The van der Waals surface area contributed by atoms with Gasteiger partial charge in [-0.05, 0) is 59.6 Å². The number of hydrogen-bond acceptors (Lipinski definition) is 12. The van der Waals surface area contributed by atoms with Gasteiger partial charge >= 0.3 is 0 Å². The molecule has 1 aromatic heterocycles. The molecular formula is C25H36CoN7O7-. The molecule has 15 heteroatoms. The molecule has 2 aliphatic rings. The first-order valence-corrected chi connectivity index (χ1v) is 11.7. The second-order valence-corrected chi connectivity index (χ2v) is 8.32. The molecule has 0 bridgehead atoms. The van der Waals surface area contributed by atoms with E-state index in [4.69, 9.17) is 20.8 Å². The van der Waals surface area contributed by atoms with Gasteiger partial charge in [-0.1, -0.05) is 26.7 Å². The molecular weight excluding hydrogens is 569 g/mol. The minimum absolute atomic E-state index is 0. The first-order valence-electron chi connectivity index (χ1n) is 11.7. The molecule has 1 saturated heterocycles. The van der Waals surface area contributed by atoms with Crippen LogP contribution in [0.5, 0.6) is 0 Å². The number of rotatable bonds is 2. The second-order valence-electron chi connectivity index (χ2n) is 8.32. The van der Waals surface area contributed by atoms with Crippen molar-refractivity contribution in [1.82, 2.24) is 15.2 Å². The first-order chi connectivity index (χ1) is 18.4. The number of carbonyl (C=O) groups excluding carboxylic acids is 3. The maximum Gasteiger partial charge on any atom is 0.255 e. The van der Waals surface area contributed by atoms with Crippen LogP contribution in [0.4, 0.5) is 0 Å². The number of imide groups is 1. The number of piperazine rings is 1. The molecule has 1 aliphatic carbocycles. The molecule has 0 saturated carbocycles. The zero-order valence-corrected chi connectivity index (χ0v) is 24.2. The summed E-state index contributed by atoms with van der Waals surface area (Å²) < 4.78 is 0. The summed E-state index contributed by atoms with van der Waals surface area (Å²) in [6.45, 7) is 9.02. The molecule has 0 aromatic carbocycles. The minimum atomic E-state index is -0.930. The molecule has 5 N–H and O–H groups in total.